The molecule has 0 aliphatic rings. The number of hydrogen-bond acceptors (Lipinski definition) is 2. The summed E-state index contributed by atoms with van der Waals surface area (Å²) in [6.07, 6.45) is 3.39. The first kappa shape index (κ1) is 14.1. The monoisotopic (exact) mass is 311 g/mol. The van der Waals surface area contributed by atoms with Crippen molar-refractivity contribution in [3.05, 3.63) is 53.5 Å². The molecule has 0 radical (unpaired) electrons. The molecule has 0 bridgehead atoms. The van der Waals surface area contributed by atoms with Crippen LogP contribution in [0, 0.1) is 0 Å². The topological polar surface area (TPSA) is 20.3 Å². The molecular weight excluding hydrogens is 298 g/mol. The third-order valence-corrected chi connectivity index (χ3v) is 3.04. The van der Waals surface area contributed by atoms with Crippen molar-refractivity contribution < 1.29 is 4.79 Å². The molecule has 0 saturated heterocycles. The molecule has 17 heavy (non-hydrogen) atoms. The number of nitrogens with zero attached hydrogens (tertiary/aromatic N) is 1. The highest BCUT2D eigenvalue weighted by atomic mass is 79.9. The molecule has 0 spiro atoms. The standard InChI is InChI=1S/C13H14BrNOS/c1-3-7-15(8-4-2)13(16)11-6-5-10(14)9-12(11)17/h3-6,9,17H,1-2,7-8H2. The maximum Gasteiger partial charge on any atom is 0.255 e. The van der Waals surface area contributed by atoms with Gasteiger partial charge in [-0.15, -0.1) is 25.8 Å². The predicted molar refractivity (Wildman–Crippen MR) is 77.7 cm³/mol. The lowest BCUT2D eigenvalue weighted by Gasteiger charge is -2.20. The number of hydrogen-bond donors (Lipinski definition) is 1. The molecule has 0 unspecified atom stereocenters. The summed E-state index contributed by atoms with van der Waals surface area (Å²) in [6.45, 7) is 8.27. The van der Waals surface area contributed by atoms with E-state index in [1.165, 1.54) is 0 Å². The highest BCUT2D eigenvalue weighted by Crippen LogP contribution is 2.21. The quantitative estimate of drug-likeness (QED) is 0.651. The van der Waals surface area contributed by atoms with Crippen LogP contribution in [-0.4, -0.2) is 23.9 Å². The molecule has 1 amide bonds. The second kappa shape index (κ2) is 6.67. The highest BCUT2D eigenvalue weighted by Gasteiger charge is 2.15. The van der Waals surface area contributed by atoms with Gasteiger partial charge in [-0.2, -0.15) is 0 Å². The molecule has 0 aliphatic carbocycles. The van der Waals surface area contributed by atoms with Crippen molar-refractivity contribution >= 4 is 34.5 Å². The molecule has 1 rings (SSSR count). The molecule has 1 aromatic rings. The van der Waals surface area contributed by atoms with Gasteiger partial charge in [-0.3, -0.25) is 4.79 Å². The lowest BCUT2D eigenvalue weighted by Crippen LogP contribution is -2.31. The van der Waals surface area contributed by atoms with Gasteiger partial charge in [0.25, 0.3) is 5.91 Å². The first-order chi connectivity index (χ1) is 8.10. The van der Waals surface area contributed by atoms with E-state index >= 15 is 0 Å². The van der Waals surface area contributed by atoms with E-state index in [2.05, 4.69) is 41.7 Å². The number of carbonyl (C=O) groups excluding carboxylic acids is 1. The van der Waals surface area contributed by atoms with Crippen molar-refractivity contribution in [1.29, 1.82) is 0 Å². The van der Waals surface area contributed by atoms with Crippen molar-refractivity contribution in [3.63, 3.8) is 0 Å². The number of benzene rings is 1. The Balaban J connectivity index is 2.99. The van der Waals surface area contributed by atoms with Gasteiger partial charge >= 0.3 is 0 Å². The summed E-state index contributed by atoms with van der Waals surface area (Å²) in [5, 5.41) is 0. The van der Waals surface area contributed by atoms with Gasteiger partial charge in [-0.05, 0) is 18.2 Å². The first-order valence-corrected chi connectivity index (χ1v) is 6.33. The Bertz CT molecular complexity index is 435. The van der Waals surface area contributed by atoms with Crippen LogP contribution in [0.25, 0.3) is 0 Å². The molecule has 0 N–H and O–H groups in total. The van der Waals surface area contributed by atoms with E-state index in [0.29, 0.717) is 23.5 Å². The van der Waals surface area contributed by atoms with Gasteiger partial charge in [0, 0.05) is 22.5 Å². The summed E-state index contributed by atoms with van der Waals surface area (Å²) in [5.41, 5.74) is 0.584. The highest BCUT2D eigenvalue weighted by molar-refractivity contribution is 9.10. The van der Waals surface area contributed by atoms with Crippen LogP contribution in [0.3, 0.4) is 0 Å². The second-order valence-corrected chi connectivity index (χ2v) is 4.85. The summed E-state index contributed by atoms with van der Waals surface area (Å²) >= 11 is 7.65. The average molecular weight is 312 g/mol. The SMILES string of the molecule is C=CCN(CC=C)C(=O)c1ccc(Br)cc1S. The van der Waals surface area contributed by atoms with E-state index in [0.717, 1.165) is 4.47 Å². The van der Waals surface area contributed by atoms with Gasteiger partial charge < -0.3 is 4.90 Å². The Labute approximate surface area is 116 Å². The summed E-state index contributed by atoms with van der Waals surface area (Å²) in [4.78, 5) is 14.5. The van der Waals surface area contributed by atoms with E-state index in [-0.39, 0.29) is 5.91 Å². The van der Waals surface area contributed by atoms with E-state index in [4.69, 9.17) is 0 Å². The van der Waals surface area contributed by atoms with Crippen LogP contribution in [0.2, 0.25) is 0 Å². The van der Waals surface area contributed by atoms with Crippen molar-refractivity contribution in [2.24, 2.45) is 0 Å². The van der Waals surface area contributed by atoms with Gasteiger partial charge in [0.1, 0.15) is 0 Å². The van der Waals surface area contributed by atoms with Gasteiger partial charge in [-0.25, -0.2) is 0 Å². The van der Waals surface area contributed by atoms with Crippen LogP contribution < -0.4 is 0 Å². The molecule has 0 aliphatic heterocycles. The van der Waals surface area contributed by atoms with Crippen LogP contribution in [0.5, 0.6) is 0 Å². The molecule has 0 saturated carbocycles. The Morgan fingerprint density at radius 1 is 1.35 bits per heavy atom. The lowest BCUT2D eigenvalue weighted by molar-refractivity contribution is 0.0787. The van der Waals surface area contributed by atoms with Crippen molar-refractivity contribution in [2.75, 3.05) is 13.1 Å². The summed E-state index contributed by atoms with van der Waals surface area (Å²) < 4.78 is 0.901. The lowest BCUT2D eigenvalue weighted by atomic mass is 10.2. The molecule has 0 atom stereocenters. The fraction of sp³-hybridized carbons (Fsp3) is 0.154. The molecule has 2 nitrogen and oxygen atoms in total. The maximum atomic E-state index is 12.2. The van der Waals surface area contributed by atoms with Gasteiger partial charge in [0.15, 0.2) is 0 Å². The van der Waals surface area contributed by atoms with Crippen molar-refractivity contribution in [3.8, 4) is 0 Å². The minimum atomic E-state index is -0.0673. The molecule has 0 heterocycles. The Morgan fingerprint density at radius 3 is 2.41 bits per heavy atom. The van der Waals surface area contributed by atoms with E-state index in [1.807, 2.05) is 6.07 Å². The van der Waals surface area contributed by atoms with Crippen LogP contribution in [0.15, 0.2) is 52.9 Å². The van der Waals surface area contributed by atoms with E-state index < -0.39 is 0 Å². The Morgan fingerprint density at radius 2 is 1.94 bits per heavy atom. The van der Waals surface area contributed by atoms with Gasteiger partial charge in [0.05, 0.1) is 5.56 Å². The minimum absolute atomic E-state index is 0.0673. The summed E-state index contributed by atoms with van der Waals surface area (Å²) in [7, 11) is 0. The van der Waals surface area contributed by atoms with E-state index in [9.17, 15) is 4.79 Å². The molecule has 0 fully saturated rings. The Kier molecular flexibility index (Phi) is 5.51. The second-order valence-electron chi connectivity index (χ2n) is 3.45. The van der Waals surface area contributed by atoms with Crippen LogP contribution in [0.1, 0.15) is 10.4 Å². The number of amides is 1. The Hall–Kier alpha value is -1.000. The maximum absolute atomic E-state index is 12.2. The summed E-state index contributed by atoms with van der Waals surface area (Å²) in [6, 6.07) is 5.39. The first-order valence-electron chi connectivity index (χ1n) is 5.09. The zero-order valence-electron chi connectivity index (χ0n) is 9.40. The fourth-order valence-electron chi connectivity index (χ4n) is 1.41. The normalized spacial score (nSPS) is 9.76. The largest absolute Gasteiger partial charge is 0.331 e. The molecular formula is C13H14BrNOS. The van der Waals surface area contributed by atoms with Crippen LogP contribution >= 0.6 is 28.6 Å². The average Bonchev–Trinajstić information content (AvgIpc) is 2.28. The third-order valence-electron chi connectivity index (χ3n) is 2.18. The molecule has 1 aromatic carbocycles. The zero-order chi connectivity index (χ0) is 12.8. The fourth-order valence-corrected chi connectivity index (χ4v) is 2.26. The van der Waals surface area contributed by atoms with Gasteiger partial charge in [0.2, 0.25) is 0 Å². The number of rotatable bonds is 5. The van der Waals surface area contributed by atoms with Gasteiger partial charge in [-0.1, -0.05) is 28.1 Å². The number of thiol groups is 1. The van der Waals surface area contributed by atoms with Crippen LogP contribution in [0.4, 0.5) is 0 Å². The van der Waals surface area contributed by atoms with E-state index in [1.54, 1.807) is 29.2 Å². The third kappa shape index (κ3) is 3.75. The smallest absolute Gasteiger partial charge is 0.255 e. The van der Waals surface area contributed by atoms with Crippen LogP contribution in [-0.2, 0) is 0 Å². The zero-order valence-corrected chi connectivity index (χ0v) is 11.9. The molecule has 4 heteroatoms. The number of halogens is 1. The van der Waals surface area contributed by atoms with Crippen molar-refractivity contribution in [1.82, 2.24) is 4.90 Å². The minimum Gasteiger partial charge on any atom is -0.331 e. The number of carbonyl (C=O) groups is 1. The molecule has 90 valence electrons. The molecule has 0 aromatic heterocycles. The van der Waals surface area contributed by atoms with Crippen molar-refractivity contribution in [2.45, 2.75) is 4.90 Å². The predicted octanol–water partition coefficient (Wildman–Crippen LogP) is 3.55. The summed E-state index contributed by atoms with van der Waals surface area (Å²) in [5.74, 6) is -0.0673.